The maximum atomic E-state index is 4.83. The lowest BCUT2D eigenvalue weighted by atomic mass is 10.0. The minimum atomic E-state index is 0.695. The van der Waals surface area contributed by atoms with Crippen LogP contribution in [-0.4, -0.2) is 27.9 Å². The third-order valence-corrected chi connectivity index (χ3v) is 5.41. The SMILES string of the molecule is CCc1c(C)nc2ccccc2c1N1CCC(Cc2cnn(C)c2)C1. The van der Waals surface area contributed by atoms with Gasteiger partial charge in [-0.1, -0.05) is 25.1 Å². The van der Waals surface area contributed by atoms with E-state index in [9.17, 15) is 0 Å². The number of rotatable bonds is 4. The second-order valence-electron chi connectivity index (χ2n) is 7.22. The molecule has 0 amide bonds. The highest BCUT2D eigenvalue weighted by Gasteiger charge is 2.26. The molecule has 3 heterocycles. The van der Waals surface area contributed by atoms with Gasteiger partial charge in [-0.2, -0.15) is 5.10 Å². The van der Waals surface area contributed by atoms with E-state index in [0.717, 1.165) is 31.4 Å². The number of benzene rings is 1. The zero-order chi connectivity index (χ0) is 17.4. The smallest absolute Gasteiger partial charge is 0.0726 e. The third-order valence-electron chi connectivity index (χ3n) is 5.41. The molecule has 1 aliphatic rings. The van der Waals surface area contributed by atoms with E-state index in [1.807, 2.05) is 17.9 Å². The summed E-state index contributed by atoms with van der Waals surface area (Å²) in [6.07, 6.45) is 7.54. The molecule has 130 valence electrons. The van der Waals surface area contributed by atoms with Crippen LogP contribution in [0.3, 0.4) is 0 Å². The van der Waals surface area contributed by atoms with Crippen LogP contribution in [0, 0.1) is 12.8 Å². The maximum absolute atomic E-state index is 4.83. The molecular weight excluding hydrogens is 308 g/mol. The maximum Gasteiger partial charge on any atom is 0.0726 e. The molecule has 0 radical (unpaired) electrons. The van der Waals surface area contributed by atoms with Gasteiger partial charge in [-0.05, 0) is 49.3 Å². The molecule has 4 heteroatoms. The van der Waals surface area contributed by atoms with Crippen molar-refractivity contribution in [2.24, 2.45) is 13.0 Å². The first kappa shape index (κ1) is 16.1. The number of aryl methyl sites for hydroxylation is 2. The summed E-state index contributed by atoms with van der Waals surface area (Å²) in [5.41, 5.74) is 6.45. The predicted octanol–water partition coefficient (Wildman–Crippen LogP) is 3.91. The van der Waals surface area contributed by atoms with Crippen molar-refractivity contribution in [1.82, 2.24) is 14.8 Å². The Morgan fingerprint density at radius 2 is 2.08 bits per heavy atom. The largest absolute Gasteiger partial charge is 0.370 e. The summed E-state index contributed by atoms with van der Waals surface area (Å²) in [5.74, 6) is 0.695. The minimum Gasteiger partial charge on any atom is -0.370 e. The number of fused-ring (bicyclic) bond motifs is 1. The monoisotopic (exact) mass is 334 g/mol. The summed E-state index contributed by atoms with van der Waals surface area (Å²) < 4.78 is 1.90. The summed E-state index contributed by atoms with van der Waals surface area (Å²) in [4.78, 5) is 7.42. The van der Waals surface area contributed by atoms with Gasteiger partial charge in [-0.25, -0.2) is 0 Å². The lowest BCUT2D eigenvalue weighted by molar-refractivity contribution is 0.586. The van der Waals surface area contributed by atoms with Crippen molar-refractivity contribution >= 4 is 16.6 Å². The molecule has 1 aromatic carbocycles. The zero-order valence-corrected chi connectivity index (χ0v) is 15.4. The van der Waals surface area contributed by atoms with Crippen LogP contribution in [0.4, 0.5) is 5.69 Å². The van der Waals surface area contributed by atoms with E-state index in [2.05, 4.69) is 54.3 Å². The van der Waals surface area contributed by atoms with Crippen molar-refractivity contribution in [2.75, 3.05) is 18.0 Å². The molecule has 1 unspecified atom stereocenters. The van der Waals surface area contributed by atoms with Crippen molar-refractivity contribution in [3.63, 3.8) is 0 Å². The topological polar surface area (TPSA) is 34.0 Å². The van der Waals surface area contributed by atoms with E-state index in [1.165, 1.54) is 34.3 Å². The summed E-state index contributed by atoms with van der Waals surface area (Å²) >= 11 is 0. The Kier molecular flexibility index (Phi) is 4.20. The molecule has 0 aliphatic carbocycles. The molecule has 0 N–H and O–H groups in total. The zero-order valence-electron chi connectivity index (χ0n) is 15.4. The molecular formula is C21H26N4. The summed E-state index contributed by atoms with van der Waals surface area (Å²) in [7, 11) is 1.99. The van der Waals surface area contributed by atoms with Crippen molar-refractivity contribution in [2.45, 2.75) is 33.1 Å². The van der Waals surface area contributed by atoms with Gasteiger partial charge in [-0.15, -0.1) is 0 Å². The van der Waals surface area contributed by atoms with Crippen LogP contribution in [0.5, 0.6) is 0 Å². The van der Waals surface area contributed by atoms with Gasteiger partial charge < -0.3 is 4.90 Å². The van der Waals surface area contributed by atoms with Crippen LogP contribution >= 0.6 is 0 Å². The lowest BCUT2D eigenvalue weighted by Gasteiger charge is -2.25. The predicted molar refractivity (Wildman–Crippen MR) is 103 cm³/mol. The van der Waals surface area contributed by atoms with Crippen LogP contribution in [-0.2, 0) is 19.9 Å². The highest BCUT2D eigenvalue weighted by atomic mass is 15.2. The summed E-state index contributed by atoms with van der Waals surface area (Å²) in [6.45, 7) is 6.64. The molecule has 0 spiro atoms. The number of aromatic nitrogens is 3. The second-order valence-corrected chi connectivity index (χ2v) is 7.22. The summed E-state index contributed by atoms with van der Waals surface area (Å²) in [6, 6.07) is 8.57. The molecule has 0 bridgehead atoms. The molecule has 1 fully saturated rings. The first-order chi connectivity index (χ1) is 12.2. The number of hydrogen-bond donors (Lipinski definition) is 0. The van der Waals surface area contributed by atoms with Gasteiger partial charge >= 0.3 is 0 Å². The number of pyridine rings is 1. The van der Waals surface area contributed by atoms with E-state index in [1.54, 1.807) is 0 Å². The van der Waals surface area contributed by atoms with Crippen LogP contribution in [0.1, 0.15) is 30.2 Å². The fourth-order valence-electron chi connectivity index (χ4n) is 4.25. The molecule has 3 aromatic rings. The van der Waals surface area contributed by atoms with Crippen LogP contribution < -0.4 is 4.90 Å². The van der Waals surface area contributed by atoms with Crippen molar-refractivity contribution in [1.29, 1.82) is 0 Å². The van der Waals surface area contributed by atoms with Gasteiger partial charge in [0.1, 0.15) is 0 Å². The van der Waals surface area contributed by atoms with Gasteiger partial charge in [-0.3, -0.25) is 9.67 Å². The number of nitrogens with zero attached hydrogens (tertiary/aromatic N) is 4. The van der Waals surface area contributed by atoms with Crippen LogP contribution in [0.25, 0.3) is 10.9 Å². The van der Waals surface area contributed by atoms with Crippen molar-refractivity contribution < 1.29 is 0 Å². The fraction of sp³-hybridized carbons (Fsp3) is 0.429. The van der Waals surface area contributed by atoms with Crippen molar-refractivity contribution in [3.8, 4) is 0 Å². The molecule has 25 heavy (non-hydrogen) atoms. The Morgan fingerprint density at radius 1 is 1.24 bits per heavy atom. The fourth-order valence-corrected chi connectivity index (χ4v) is 4.25. The van der Waals surface area contributed by atoms with Gasteiger partial charge in [0.05, 0.1) is 17.4 Å². The third kappa shape index (κ3) is 3.01. The van der Waals surface area contributed by atoms with Crippen LogP contribution in [0.2, 0.25) is 0 Å². The number of hydrogen-bond acceptors (Lipinski definition) is 3. The van der Waals surface area contributed by atoms with Gasteiger partial charge in [0, 0.05) is 37.4 Å². The van der Waals surface area contributed by atoms with Gasteiger partial charge in [0.25, 0.3) is 0 Å². The molecule has 1 saturated heterocycles. The highest BCUT2D eigenvalue weighted by molar-refractivity contribution is 5.94. The Morgan fingerprint density at radius 3 is 2.84 bits per heavy atom. The molecule has 4 rings (SSSR count). The minimum absolute atomic E-state index is 0.695. The van der Waals surface area contributed by atoms with Crippen molar-refractivity contribution in [3.05, 3.63) is 53.5 Å². The first-order valence-corrected chi connectivity index (χ1v) is 9.26. The molecule has 4 nitrogen and oxygen atoms in total. The molecule has 1 aliphatic heterocycles. The molecule has 2 aromatic heterocycles. The average molecular weight is 334 g/mol. The second kappa shape index (κ2) is 6.51. The van der Waals surface area contributed by atoms with E-state index in [0.29, 0.717) is 5.92 Å². The standard InChI is InChI=1S/C21H26N4/c1-4-18-15(2)23-20-8-6-5-7-19(20)21(18)25-10-9-16(14-25)11-17-12-22-24(3)13-17/h5-8,12-13,16H,4,9-11,14H2,1-3H3. The van der Waals surface area contributed by atoms with E-state index < -0.39 is 0 Å². The average Bonchev–Trinajstić information content (AvgIpc) is 3.23. The van der Waals surface area contributed by atoms with Gasteiger partial charge in [0.15, 0.2) is 0 Å². The Hall–Kier alpha value is -2.36. The summed E-state index contributed by atoms with van der Waals surface area (Å²) in [5, 5.41) is 5.61. The molecule has 1 atom stereocenters. The Bertz CT molecular complexity index is 896. The van der Waals surface area contributed by atoms with E-state index >= 15 is 0 Å². The Labute approximate surface area is 149 Å². The van der Waals surface area contributed by atoms with E-state index in [4.69, 9.17) is 4.98 Å². The normalized spacial score (nSPS) is 17.6. The quantitative estimate of drug-likeness (QED) is 0.725. The number of para-hydroxylation sites is 1. The molecule has 0 saturated carbocycles. The Balaban J connectivity index is 1.65. The number of anilines is 1. The van der Waals surface area contributed by atoms with E-state index in [-0.39, 0.29) is 0 Å². The highest BCUT2D eigenvalue weighted by Crippen LogP contribution is 2.36. The van der Waals surface area contributed by atoms with Crippen LogP contribution in [0.15, 0.2) is 36.7 Å². The lowest BCUT2D eigenvalue weighted by Crippen LogP contribution is -2.22. The van der Waals surface area contributed by atoms with Gasteiger partial charge in [0.2, 0.25) is 0 Å². The first-order valence-electron chi connectivity index (χ1n) is 9.26.